The number of amides is 1. The van der Waals surface area contributed by atoms with Crippen LogP contribution in [0.3, 0.4) is 0 Å². The van der Waals surface area contributed by atoms with E-state index in [0.29, 0.717) is 11.4 Å². The Morgan fingerprint density at radius 2 is 1.48 bits per heavy atom. The second-order valence-electron chi connectivity index (χ2n) is 6.03. The highest BCUT2D eigenvalue weighted by Gasteiger charge is 2.09. The summed E-state index contributed by atoms with van der Waals surface area (Å²) in [4.78, 5) is 25.2. The zero-order valence-corrected chi connectivity index (χ0v) is 14.6. The minimum absolute atomic E-state index is 0.215. The van der Waals surface area contributed by atoms with E-state index in [-0.39, 0.29) is 5.91 Å². The lowest BCUT2D eigenvalue weighted by molar-refractivity contribution is 0.102. The second kappa shape index (κ2) is 7.73. The maximum atomic E-state index is 12.4. The maximum Gasteiger partial charge on any atom is 0.256 e. The number of nitrogens with one attached hydrogen (secondary N) is 5. The molecule has 0 unspecified atom stereocenters. The Morgan fingerprint density at radius 3 is 2.04 bits per heavy atom. The lowest BCUT2D eigenvalue weighted by atomic mass is 10.2. The molecule has 0 saturated carbocycles. The van der Waals surface area contributed by atoms with Gasteiger partial charge in [-0.3, -0.25) is 14.8 Å². The normalized spacial score (nSPS) is 15.3. The Bertz CT molecular complexity index is 873. The van der Waals surface area contributed by atoms with Crippen LogP contribution in [0.2, 0.25) is 0 Å². The van der Waals surface area contributed by atoms with E-state index in [9.17, 15) is 4.79 Å². The summed E-state index contributed by atoms with van der Waals surface area (Å²) >= 11 is 0. The highest BCUT2D eigenvalue weighted by atomic mass is 16.1. The number of hydrogen-bond donors (Lipinski definition) is 5. The number of aliphatic imine (C=N–C) groups is 2. The van der Waals surface area contributed by atoms with E-state index in [1.54, 1.807) is 24.4 Å². The standard InChI is InChI=1S/C18H20N8O/c27-16(12-1-3-13(4-2-12)24-17-19-7-8-20-17)26-15-6-5-14(11-23-15)25-18-21-9-10-22-18/h1-6,11H,7-10H2,(H2,19,20,24)(H2,21,22,25)(H,23,26,27). The highest BCUT2D eigenvalue weighted by Crippen LogP contribution is 2.14. The van der Waals surface area contributed by atoms with Gasteiger partial charge in [-0.25, -0.2) is 4.98 Å². The molecular formula is C18H20N8O. The van der Waals surface area contributed by atoms with Gasteiger partial charge in [0.05, 0.1) is 25.0 Å². The van der Waals surface area contributed by atoms with Crippen molar-refractivity contribution < 1.29 is 4.79 Å². The summed E-state index contributed by atoms with van der Waals surface area (Å²) in [5, 5.41) is 15.4. The van der Waals surface area contributed by atoms with Gasteiger partial charge in [-0.05, 0) is 36.4 Å². The van der Waals surface area contributed by atoms with Crippen molar-refractivity contribution in [3.8, 4) is 0 Å². The van der Waals surface area contributed by atoms with E-state index in [1.807, 2.05) is 18.2 Å². The van der Waals surface area contributed by atoms with E-state index in [2.05, 4.69) is 41.6 Å². The van der Waals surface area contributed by atoms with Crippen LogP contribution in [0.1, 0.15) is 10.4 Å². The monoisotopic (exact) mass is 364 g/mol. The van der Waals surface area contributed by atoms with Crippen molar-refractivity contribution in [2.75, 3.05) is 42.1 Å². The van der Waals surface area contributed by atoms with Crippen LogP contribution in [0.4, 0.5) is 17.2 Å². The Hall–Kier alpha value is -3.62. The second-order valence-corrected chi connectivity index (χ2v) is 6.03. The molecule has 0 saturated heterocycles. The van der Waals surface area contributed by atoms with Crippen LogP contribution in [-0.2, 0) is 0 Å². The van der Waals surface area contributed by atoms with Gasteiger partial charge in [0.1, 0.15) is 5.82 Å². The average Bonchev–Trinajstić information content (AvgIpc) is 3.38. The van der Waals surface area contributed by atoms with Gasteiger partial charge in [-0.15, -0.1) is 0 Å². The molecule has 1 aromatic carbocycles. The van der Waals surface area contributed by atoms with Crippen molar-refractivity contribution in [3.63, 3.8) is 0 Å². The van der Waals surface area contributed by atoms with E-state index in [4.69, 9.17) is 0 Å². The largest absolute Gasteiger partial charge is 0.354 e. The van der Waals surface area contributed by atoms with E-state index < -0.39 is 0 Å². The van der Waals surface area contributed by atoms with E-state index in [0.717, 1.165) is 49.5 Å². The molecule has 138 valence electrons. The Morgan fingerprint density at radius 1 is 0.852 bits per heavy atom. The Balaban J connectivity index is 1.34. The van der Waals surface area contributed by atoms with Crippen LogP contribution < -0.4 is 26.6 Å². The first kappa shape index (κ1) is 16.8. The van der Waals surface area contributed by atoms with Crippen molar-refractivity contribution >= 4 is 35.0 Å². The molecule has 0 aliphatic carbocycles. The molecule has 0 spiro atoms. The summed E-state index contributed by atoms with van der Waals surface area (Å²) in [5.41, 5.74) is 2.23. The van der Waals surface area contributed by atoms with Gasteiger partial charge in [0.15, 0.2) is 11.9 Å². The summed E-state index contributed by atoms with van der Waals surface area (Å²) in [5.74, 6) is 1.76. The summed E-state index contributed by atoms with van der Waals surface area (Å²) < 4.78 is 0. The number of guanidine groups is 2. The number of rotatable bonds is 4. The molecule has 27 heavy (non-hydrogen) atoms. The van der Waals surface area contributed by atoms with E-state index >= 15 is 0 Å². The predicted molar refractivity (Wildman–Crippen MR) is 106 cm³/mol. The number of carbonyl (C=O) groups is 1. The molecule has 9 nitrogen and oxygen atoms in total. The van der Waals surface area contributed by atoms with Gasteiger partial charge in [-0.1, -0.05) is 0 Å². The molecule has 0 bridgehead atoms. The molecule has 1 amide bonds. The third-order valence-corrected chi connectivity index (χ3v) is 4.03. The SMILES string of the molecule is O=C(Nc1ccc(NC2=NCCN2)cn1)c1ccc(NC2=NCCN2)cc1. The fraction of sp³-hybridized carbons (Fsp3) is 0.222. The van der Waals surface area contributed by atoms with Gasteiger partial charge in [-0.2, -0.15) is 0 Å². The number of nitrogens with zero attached hydrogens (tertiary/aromatic N) is 3. The van der Waals surface area contributed by atoms with Gasteiger partial charge in [0, 0.05) is 24.3 Å². The average molecular weight is 364 g/mol. The van der Waals surface area contributed by atoms with Crippen molar-refractivity contribution in [1.82, 2.24) is 15.6 Å². The van der Waals surface area contributed by atoms with Crippen molar-refractivity contribution in [3.05, 3.63) is 48.2 Å². The zero-order valence-electron chi connectivity index (χ0n) is 14.6. The third-order valence-electron chi connectivity index (χ3n) is 4.03. The molecule has 0 fully saturated rings. The molecule has 0 atom stereocenters. The lowest BCUT2D eigenvalue weighted by Gasteiger charge is -2.09. The molecule has 0 radical (unpaired) electrons. The first-order valence-electron chi connectivity index (χ1n) is 8.74. The smallest absolute Gasteiger partial charge is 0.256 e. The van der Waals surface area contributed by atoms with Crippen molar-refractivity contribution in [2.45, 2.75) is 0 Å². The molecule has 1 aromatic heterocycles. The molecule has 3 heterocycles. The topological polar surface area (TPSA) is 115 Å². The molecule has 4 rings (SSSR count). The molecule has 2 aliphatic heterocycles. The minimum atomic E-state index is -0.215. The van der Waals surface area contributed by atoms with Gasteiger partial charge in [0.25, 0.3) is 5.91 Å². The van der Waals surface area contributed by atoms with Crippen molar-refractivity contribution in [1.29, 1.82) is 0 Å². The highest BCUT2D eigenvalue weighted by molar-refractivity contribution is 6.04. The third kappa shape index (κ3) is 4.32. The molecule has 9 heteroatoms. The molecule has 2 aliphatic rings. The lowest BCUT2D eigenvalue weighted by Crippen LogP contribution is -2.26. The Kier molecular flexibility index (Phi) is 4.82. The summed E-state index contributed by atoms with van der Waals surface area (Å²) in [6, 6.07) is 10.8. The van der Waals surface area contributed by atoms with E-state index in [1.165, 1.54) is 0 Å². The number of benzene rings is 1. The molecule has 2 aromatic rings. The number of anilines is 3. The summed E-state index contributed by atoms with van der Waals surface area (Å²) in [6.07, 6.45) is 1.65. The number of carbonyl (C=O) groups excluding carboxylic acids is 1. The first-order valence-corrected chi connectivity index (χ1v) is 8.74. The van der Waals surface area contributed by atoms with Crippen LogP contribution in [0, 0.1) is 0 Å². The van der Waals surface area contributed by atoms with Crippen molar-refractivity contribution in [2.24, 2.45) is 9.98 Å². The number of pyridine rings is 1. The summed E-state index contributed by atoms with van der Waals surface area (Å²) in [7, 11) is 0. The number of aromatic nitrogens is 1. The first-order chi connectivity index (χ1) is 13.3. The Labute approximate surface area is 156 Å². The zero-order chi connectivity index (χ0) is 18.5. The number of hydrogen-bond acceptors (Lipinski definition) is 8. The van der Waals surface area contributed by atoms with Gasteiger partial charge < -0.3 is 26.6 Å². The predicted octanol–water partition coefficient (Wildman–Crippen LogP) is 1.08. The molecule has 5 N–H and O–H groups in total. The van der Waals surface area contributed by atoms with Crippen LogP contribution in [-0.4, -0.2) is 49.0 Å². The van der Waals surface area contributed by atoms with Crippen LogP contribution in [0.25, 0.3) is 0 Å². The fourth-order valence-electron chi connectivity index (χ4n) is 2.67. The molecular weight excluding hydrogens is 344 g/mol. The minimum Gasteiger partial charge on any atom is -0.354 e. The van der Waals surface area contributed by atoms with Gasteiger partial charge >= 0.3 is 0 Å². The van der Waals surface area contributed by atoms with Crippen LogP contribution in [0.15, 0.2) is 52.6 Å². The quantitative estimate of drug-likeness (QED) is 0.555. The van der Waals surface area contributed by atoms with Crippen LogP contribution in [0.5, 0.6) is 0 Å². The summed E-state index contributed by atoms with van der Waals surface area (Å²) in [6.45, 7) is 3.22. The van der Waals surface area contributed by atoms with Crippen LogP contribution >= 0.6 is 0 Å². The van der Waals surface area contributed by atoms with Gasteiger partial charge in [0.2, 0.25) is 0 Å². The fourth-order valence-corrected chi connectivity index (χ4v) is 2.67. The maximum absolute atomic E-state index is 12.4.